The smallest absolute Gasteiger partial charge is 0.372 e. The van der Waals surface area contributed by atoms with Crippen molar-refractivity contribution < 1.29 is 19.4 Å². The van der Waals surface area contributed by atoms with E-state index in [9.17, 15) is 9.59 Å². The summed E-state index contributed by atoms with van der Waals surface area (Å²) in [7, 11) is 0. The molecule has 19 heavy (non-hydrogen) atoms. The topological polar surface area (TPSA) is 63.6 Å². The van der Waals surface area contributed by atoms with Gasteiger partial charge in [-0.1, -0.05) is 30.3 Å². The lowest BCUT2D eigenvalue weighted by atomic mass is 10.1. The lowest BCUT2D eigenvalue weighted by molar-refractivity contribution is -0.149. The molecule has 2 rings (SSSR count). The summed E-state index contributed by atoms with van der Waals surface area (Å²) >= 11 is 0. The molecule has 0 radical (unpaired) electrons. The minimum atomic E-state index is -1.38. The predicted octanol–water partition coefficient (Wildman–Crippen LogP) is 2.65. The molecule has 2 aromatic carbocycles. The maximum Gasteiger partial charge on any atom is 0.372 e. The fraction of sp³-hybridized carbons (Fsp3) is 0.200. The summed E-state index contributed by atoms with van der Waals surface area (Å²) in [6.45, 7) is 0.331. The van der Waals surface area contributed by atoms with Crippen molar-refractivity contribution in [2.75, 3.05) is 6.61 Å². The van der Waals surface area contributed by atoms with E-state index in [1.807, 2.05) is 42.5 Å². The van der Waals surface area contributed by atoms with Gasteiger partial charge >= 0.3 is 5.97 Å². The Labute approximate surface area is 110 Å². The molecule has 0 bridgehead atoms. The van der Waals surface area contributed by atoms with Gasteiger partial charge in [0.1, 0.15) is 5.75 Å². The molecule has 0 heterocycles. The zero-order chi connectivity index (χ0) is 13.7. The van der Waals surface area contributed by atoms with Crippen LogP contribution in [0.5, 0.6) is 5.75 Å². The fourth-order valence-electron chi connectivity index (χ4n) is 1.79. The largest absolute Gasteiger partial charge is 0.494 e. The molecule has 0 unspecified atom stereocenters. The van der Waals surface area contributed by atoms with E-state index >= 15 is 0 Å². The number of fused-ring (bicyclic) bond motifs is 1. The Morgan fingerprint density at radius 1 is 1.05 bits per heavy atom. The highest BCUT2D eigenvalue weighted by Crippen LogP contribution is 2.20. The SMILES string of the molecule is O=C(O)C(=O)CCCOc1ccc2ccccc2c1. The molecule has 0 spiro atoms. The number of ether oxygens (including phenoxy) is 1. The quantitative estimate of drug-likeness (QED) is 0.639. The van der Waals surface area contributed by atoms with Crippen LogP contribution >= 0.6 is 0 Å². The molecule has 0 fully saturated rings. The highest BCUT2D eigenvalue weighted by Gasteiger charge is 2.10. The van der Waals surface area contributed by atoms with Gasteiger partial charge in [-0.3, -0.25) is 4.79 Å². The molecule has 0 saturated heterocycles. The molecule has 4 nitrogen and oxygen atoms in total. The Hall–Kier alpha value is -2.36. The van der Waals surface area contributed by atoms with Crippen molar-refractivity contribution in [2.24, 2.45) is 0 Å². The first-order valence-corrected chi connectivity index (χ1v) is 6.04. The Morgan fingerprint density at radius 3 is 2.53 bits per heavy atom. The number of aliphatic carboxylic acids is 1. The van der Waals surface area contributed by atoms with Gasteiger partial charge in [-0.05, 0) is 29.3 Å². The highest BCUT2D eigenvalue weighted by atomic mass is 16.5. The average Bonchev–Trinajstić information content (AvgIpc) is 2.43. The molecule has 0 atom stereocenters. The van der Waals surface area contributed by atoms with E-state index < -0.39 is 11.8 Å². The van der Waals surface area contributed by atoms with Crippen LogP contribution in [0.25, 0.3) is 10.8 Å². The zero-order valence-corrected chi connectivity index (χ0v) is 10.3. The average molecular weight is 258 g/mol. The number of carbonyl (C=O) groups excluding carboxylic acids is 1. The number of hydrogen-bond acceptors (Lipinski definition) is 3. The molecule has 0 saturated carbocycles. The highest BCUT2D eigenvalue weighted by molar-refractivity contribution is 6.32. The Bertz CT molecular complexity index is 604. The lowest BCUT2D eigenvalue weighted by Crippen LogP contribution is -2.13. The lowest BCUT2D eigenvalue weighted by Gasteiger charge is -2.06. The van der Waals surface area contributed by atoms with Crippen molar-refractivity contribution in [1.29, 1.82) is 0 Å². The second-order valence-corrected chi connectivity index (χ2v) is 4.19. The Morgan fingerprint density at radius 2 is 1.79 bits per heavy atom. The van der Waals surface area contributed by atoms with Crippen LogP contribution in [0.4, 0.5) is 0 Å². The van der Waals surface area contributed by atoms with Crippen LogP contribution < -0.4 is 4.74 Å². The third-order valence-electron chi connectivity index (χ3n) is 2.78. The molecule has 0 amide bonds. The van der Waals surface area contributed by atoms with E-state index in [1.165, 1.54) is 0 Å². The molecule has 98 valence electrons. The number of benzene rings is 2. The van der Waals surface area contributed by atoms with Crippen molar-refractivity contribution in [2.45, 2.75) is 12.8 Å². The summed E-state index contributed by atoms with van der Waals surface area (Å²) in [6, 6.07) is 13.7. The van der Waals surface area contributed by atoms with Gasteiger partial charge in [0.05, 0.1) is 6.61 Å². The van der Waals surface area contributed by atoms with Gasteiger partial charge in [-0.15, -0.1) is 0 Å². The van der Waals surface area contributed by atoms with Gasteiger partial charge in [0.25, 0.3) is 0 Å². The van der Waals surface area contributed by atoms with Crippen LogP contribution in [-0.2, 0) is 9.59 Å². The molecular formula is C15H14O4. The third-order valence-corrected chi connectivity index (χ3v) is 2.78. The van der Waals surface area contributed by atoms with Crippen LogP contribution in [0.15, 0.2) is 42.5 Å². The molecule has 0 aliphatic heterocycles. The molecule has 0 aliphatic rings. The van der Waals surface area contributed by atoms with Crippen LogP contribution in [0.3, 0.4) is 0 Å². The normalized spacial score (nSPS) is 10.3. The maximum absolute atomic E-state index is 10.9. The van der Waals surface area contributed by atoms with Gasteiger partial charge < -0.3 is 9.84 Å². The second kappa shape index (κ2) is 6.00. The van der Waals surface area contributed by atoms with E-state index in [4.69, 9.17) is 9.84 Å². The molecule has 0 aromatic heterocycles. The van der Waals surface area contributed by atoms with E-state index in [0.29, 0.717) is 13.0 Å². The first-order chi connectivity index (χ1) is 9.16. The van der Waals surface area contributed by atoms with Crippen LogP contribution in [0.1, 0.15) is 12.8 Å². The molecular weight excluding hydrogens is 244 g/mol. The van der Waals surface area contributed by atoms with E-state index in [2.05, 4.69) is 0 Å². The van der Waals surface area contributed by atoms with Crippen molar-refractivity contribution in [1.82, 2.24) is 0 Å². The number of ketones is 1. The predicted molar refractivity (Wildman–Crippen MR) is 71.3 cm³/mol. The fourth-order valence-corrected chi connectivity index (χ4v) is 1.79. The summed E-state index contributed by atoms with van der Waals surface area (Å²) in [5.74, 6) is -1.44. The van der Waals surface area contributed by atoms with Crippen LogP contribution in [0.2, 0.25) is 0 Å². The standard InChI is InChI=1S/C15H14O4/c16-14(15(17)18)6-3-9-19-13-8-7-11-4-1-2-5-12(11)10-13/h1-2,4-5,7-8,10H,3,6,9H2,(H,17,18). The van der Waals surface area contributed by atoms with E-state index in [-0.39, 0.29) is 6.42 Å². The summed E-state index contributed by atoms with van der Waals surface area (Å²) in [5.41, 5.74) is 0. The Kier molecular flexibility index (Phi) is 4.13. The Balaban J connectivity index is 1.88. The van der Waals surface area contributed by atoms with Crippen LogP contribution in [0, 0.1) is 0 Å². The van der Waals surface area contributed by atoms with Gasteiger partial charge in [0.15, 0.2) is 0 Å². The second-order valence-electron chi connectivity index (χ2n) is 4.19. The van der Waals surface area contributed by atoms with Crippen molar-refractivity contribution in [3.8, 4) is 5.75 Å². The van der Waals surface area contributed by atoms with E-state index in [0.717, 1.165) is 16.5 Å². The molecule has 4 heteroatoms. The number of carboxylic acid groups (broad SMARTS) is 1. The van der Waals surface area contributed by atoms with Gasteiger partial charge in [0.2, 0.25) is 5.78 Å². The summed E-state index contributed by atoms with van der Waals surface area (Å²) in [6.07, 6.45) is 0.404. The zero-order valence-electron chi connectivity index (χ0n) is 10.3. The first-order valence-electron chi connectivity index (χ1n) is 6.04. The number of carboxylic acids is 1. The number of hydrogen-bond donors (Lipinski definition) is 1. The summed E-state index contributed by atoms with van der Waals surface area (Å²) in [5, 5.41) is 10.6. The monoisotopic (exact) mass is 258 g/mol. The number of carbonyl (C=O) groups is 2. The van der Waals surface area contributed by atoms with Gasteiger partial charge in [-0.25, -0.2) is 4.79 Å². The first kappa shape index (κ1) is 13.1. The maximum atomic E-state index is 10.9. The van der Waals surface area contributed by atoms with Gasteiger partial charge in [-0.2, -0.15) is 0 Å². The molecule has 0 aliphatic carbocycles. The van der Waals surface area contributed by atoms with Crippen molar-refractivity contribution in [3.63, 3.8) is 0 Å². The minimum absolute atomic E-state index is 0.00289. The summed E-state index contributed by atoms with van der Waals surface area (Å²) < 4.78 is 5.50. The van der Waals surface area contributed by atoms with Gasteiger partial charge in [0, 0.05) is 6.42 Å². The number of rotatable bonds is 6. The van der Waals surface area contributed by atoms with Crippen molar-refractivity contribution in [3.05, 3.63) is 42.5 Å². The van der Waals surface area contributed by atoms with Crippen molar-refractivity contribution >= 4 is 22.5 Å². The summed E-state index contributed by atoms with van der Waals surface area (Å²) in [4.78, 5) is 21.2. The molecule has 1 N–H and O–H groups in total. The van der Waals surface area contributed by atoms with E-state index in [1.54, 1.807) is 0 Å². The van der Waals surface area contributed by atoms with Crippen LogP contribution in [-0.4, -0.2) is 23.5 Å². The minimum Gasteiger partial charge on any atom is -0.494 e. The molecule has 2 aromatic rings. The third kappa shape index (κ3) is 3.55. The number of Topliss-reactive ketones (excluding diaryl/α,β-unsaturated/α-hetero) is 1.